The number of carbonyl (C=O) groups is 2. The van der Waals surface area contributed by atoms with Crippen LogP contribution in [0.25, 0.3) is 0 Å². The average molecular weight is 304 g/mol. The van der Waals surface area contributed by atoms with Crippen molar-refractivity contribution < 1.29 is 14.3 Å². The van der Waals surface area contributed by atoms with Crippen LogP contribution in [0.3, 0.4) is 0 Å². The number of hydrogen-bond donors (Lipinski definition) is 0. The highest BCUT2D eigenvalue weighted by atomic mass is 35.5. The minimum atomic E-state index is -0.433. The topological polar surface area (TPSA) is 46.6 Å². The monoisotopic (exact) mass is 303 g/mol. The molecule has 6 heteroatoms. The van der Waals surface area contributed by atoms with Crippen LogP contribution in [-0.4, -0.2) is 36.5 Å². The molecule has 0 unspecified atom stereocenters. The Hall–Kier alpha value is -1.26. The molecule has 0 aliphatic carbocycles. The summed E-state index contributed by atoms with van der Waals surface area (Å²) in [6.07, 6.45) is 0. The Morgan fingerprint density at radius 1 is 1.21 bits per heavy atom. The van der Waals surface area contributed by atoms with Crippen LogP contribution in [0, 0.1) is 0 Å². The van der Waals surface area contributed by atoms with E-state index in [9.17, 15) is 9.59 Å². The number of amides is 1. The molecule has 0 saturated heterocycles. The first-order chi connectivity index (χ1) is 8.99. The van der Waals surface area contributed by atoms with Gasteiger partial charge < -0.3 is 9.64 Å². The summed E-state index contributed by atoms with van der Waals surface area (Å²) in [6.45, 7) is 4.11. The number of esters is 1. The zero-order valence-electron chi connectivity index (χ0n) is 10.8. The molecule has 0 heterocycles. The number of nitrogens with zero attached hydrogens (tertiary/aromatic N) is 1. The molecule has 19 heavy (non-hydrogen) atoms. The zero-order chi connectivity index (χ0) is 14.4. The molecule has 1 amide bonds. The minimum Gasteiger partial charge on any atom is -0.465 e. The standard InChI is InChI=1S/C13H15Cl2NO3/c1-3-16(8-12(17)19-4-2)13(18)9-5-6-10(14)11(15)7-9/h5-7H,3-4,8H2,1-2H3. The van der Waals surface area contributed by atoms with E-state index in [0.29, 0.717) is 22.2 Å². The second kappa shape index (κ2) is 7.36. The molecule has 0 spiro atoms. The molecule has 104 valence electrons. The minimum absolute atomic E-state index is 0.0799. The van der Waals surface area contributed by atoms with Gasteiger partial charge in [0.25, 0.3) is 5.91 Å². The predicted molar refractivity (Wildman–Crippen MR) is 74.7 cm³/mol. The van der Waals surface area contributed by atoms with Gasteiger partial charge in [-0.3, -0.25) is 9.59 Å². The summed E-state index contributed by atoms with van der Waals surface area (Å²) in [6, 6.07) is 4.61. The van der Waals surface area contributed by atoms with Crippen LogP contribution in [0.4, 0.5) is 0 Å². The zero-order valence-corrected chi connectivity index (χ0v) is 12.3. The molecule has 0 aliphatic heterocycles. The van der Waals surface area contributed by atoms with E-state index in [1.54, 1.807) is 26.0 Å². The second-order valence-corrected chi connectivity index (χ2v) is 4.57. The van der Waals surface area contributed by atoms with E-state index in [0.717, 1.165) is 0 Å². The Morgan fingerprint density at radius 3 is 2.42 bits per heavy atom. The molecular weight excluding hydrogens is 289 g/mol. The van der Waals surface area contributed by atoms with Crippen LogP contribution in [0.1, 0.15) is 24.2 Å². The van der Waals surface area contributed by atoms with Gasteiger partial charge in [0.15, 0.2) is 0 Å². The van der Waals surface area contributed by atoms with Crippen LogP contribution in [0.15, 0.2) is 18.2 Å². The summed E-state index contributed by atoms with van der Waals surface area (Å²) in [7, 11) is 0. The Kier molecular flexibility index (Phi) is 6.12. The lowest BCUT2D eigenvalue weighted by Gasteiger charge is -2.20. The molecule has 0 N–H and O–H groups in total. The highest BCUT2D eigenvalue weighted by molar-refractivity contribution is 6.42. The number of carbonyl (C=O) groups excluding carboxylic acids is 2. The van der Waals surface area contributed by atoms with Crippen LogP contribution in [0.2, 0.25) is 10.0 Å². The fourth-order valence-electron chi connectivity index (χ4n) is 1.50. The van der Waals surface area contributed by atoms with Gasteiger partial charge in [0.2, 0.25) is 0 Å². The smallest absolute Gasteiger partial charge is 0.325 e. The molecular formula is C13H15Cl2NO3. The number of likely N-dealkylation sites (N-methyl/N-ethyl adjacent to an activating group) is 1. The summed E-state index contributed by atoms with van der Waals surface area (Å²) in [5, 5.41) is 0.686. The summed E-state index contributed by atoms with van der Waals surface area (Å²) in [5.74, 6) is -0.716. The van der Waals surface area contributed by atoms with Gasteiger partial charge >= 0.3 is 5.97 Å². The molecule has 0 aliphatic rings. The van der Waals surface area contributed by atoms with E-state index in [2.05, 4.69) is 0 Å². The third-order valence-corrected chi connectivity index (χ3v) is 3.20. The Balaban J connectivity index is 2.83. The van der Waals surface area contributed by atoms with Gasteiger partial charge in [-0.05, 0) is 32.0 Å². The summed E-state index contributed by atoms with van der Waals surface area (Å²) < 4.78 is 4.82. The second-order valence-electron chi connectivity index (χ2n) is 3.75. The normalized spacial score (nSPS) is 10.1. The highest BCUT2D eigenvalue weighted by Crippen LogP contribution is 2.23. The molecule has 1 aromatic carbocycles. The van der Waals surface area contributed by atoms with Gasteiger partial charge in [-0.2, -0.15) is 0 Å². The third-order valence-electron chi connectivity index (χ3n) is 2.46. The first-order valence-electron chi connectivity index (χ1n) is 5.89. The average Bonchev–Trinajstić information content (AvgIpc) is 2.38. The van der Waals surface area contributed by atoms with E-state index in [1.807, 2.05) is 0 Å². The lowest BCUT2D eigenvalue weighted by molar-refractivity contribution is -0.143. The van der Waals surface area contributed by atoms with Gasteiger partial charge in [0.05, 0.1) is 16.7 Å². The van der Waals surface area contributed by atoms with E-state index in [1.165, 1.54) is 11.0 Å². The molecule has 0 radical (unpaired) electrons. The van der Waals surface area contributed by atoms with Crippen LogP contribution < -0.4 is 0 Å². The van der Waals surface area contributed by atoms with Crippen molar-refractivity contribution in [1.29, 1.82) is 0 Å². The van der Waals surface area contributed by atoms with E-state index < -0.39 is 5.97 Å². The molecule has 1 aromatic rings. The van der Waals surface area contributed by atoms with E-state index in [-0.39, 0.29) is 19.1 Å². The predicted octanol–water partition coefficient (Wildman–Crippen LogP) is 3.02. The van der Waals surface area contributed by atoms with Gasteiger partial charge in [0, 0.05) is 12.1 Å². The van der Waals surface area contributed by atoms with Gasteiger partial charge in [-0.15, -0.1) is 0 Å². The molecule has 1 rings (SSSR count). The number of rotatable bonds is 5. The van der Waals surface area contributed by atoms with Gasteiger partial charge in [-0.1, -0.05) is 23.2 Å². The Morgan fingerprint density at radius 2 is 1.89 bits per heavy atom. The van der Waals surface area contributed by atoms with E-state index in [4.69, 9.17) is 27.9 Å². The maximum Gasteiger partial charge on any atom is 0.325 e. The Bertz CT molecular complexity index is 477. The van der Waals surface area contributed by atoms with Crippen molar-refractivity contribution in [1.82, 2.24) is 4.90 Å². The molecule has 0 saturated carbocycles. The van der Waals surface area contributed by atoms with Crippen molar-refractivity contribution in [3.05, 3.63) is 33.8 Å². The molecule has 0 aromatic heterocycles. The summed E-state index contributed by atoms with van der Waals surface area (Å²) >= 11 is 11.7. The van der Waals surface area contributed by atoms with Crippen molar-refractivity contribution in [2.45, 2.75) is 13.8 Å². The fourth-order valence-corrected chi connectivity index (χ4v) is 1.80. The number of hydrogen-bond acceptors (Lipinski definition) is 3. The maximum absolute atomic E-state index is 12.2. The van der Waals surface area contributed by atoms with E-state index >= 15 is 0 Å². The lowest BCUT2D eigenvalue weighted by Crippen LogP contribution is -2.36. The highest BCUT2D eigenvalue weighted by Gasteiger charge is 2.18. The first-order valence-corrected chi connectivity index (χ1v) is 6.65. The van der Waals surface area contributed by atoms with Gasteiger partial charge in [0.1, 0.15) is 6.54 Å². The molecule has 0 bridgehead atoms. The van der Waals surface area contributed by atoms with Gasteiger partial charge in [-0.25, -0.2) is 0 Å². The van der Waals surface area contributed by atoms with Crippen LogP contribution in [-0.2, 0) is 9.53 Å². The van der Waals surface area contributed by atoms with Crippen molar-refractivity contribution >= 4 is 35.1 Å². The molecule has 0 fully saturated rings. The quantitative estimate of drug-likeness (QED) is 0.786. The van der Waals surface area contributed by atoms with Crippen molar-refractivity contribution in [2.24, 2.45) is 0 Å². The third kappa shape index (κ3) is 4.40. The summed E-state index contributed by atoms with van der Waals surface area (Å²) in [5.41, 5.74) is 0.389. The molecule has 4 nitrogen and oxygen atoms in total. The number of halogens is 2. The SMILES string of the molecule is CCOC(=O)CN(CC)C(=O)c1ccc(Cl)c(Cl)c1. The lowest BCUT2D eigenvalue weighted by atomic mass is 10.2. The number of benzene rings is 1. The maximum atomic E-state index is 12.2. The van der Waals surface area contributed by atoms with Crippen LogP contribution in [0.5, 0.6) is 0 Å². The van der Waals surface area contributed by atoms with Crippen molar-refractivity contribution in [3.8, 4) is 0 Å². The summed E-state index contributed by atoms with van der Waals surface area (Å²) in [4.78, 5) is 25.0. The largest absolute Gasteiger partial charge is 0.465 e. The molecule has 0 atom stereocenters. The number of ether oxygens (including phenoxy) is 1. The Labute approximate surface area is 122 Å². The van der Waals surface area contributed by atoms with Crippen LogP contribution >= 0.6 is 23.2 Å². The van der Waals surface area contributed by atoms with Crippen molar-refractivity contribution in [2.75, 3.05) is 19.7 Å². The first kappa shape index (κ1) is 15.8. The fraction of sp³-hybridized carbons (Fsp3) is 0.385. The van der Waals surface area contributed by atoms with Crippen molar-refractivity contribution in [3.63, 3.8) is 0 Å².